The lowest BCUT2D eigenvalue weighted by Gasteiger charge is -2.28. The van der Waals surface area contributed by atoms with Crippen LogP contribution in [0.5, 0.6) is 0 Å². The molecule has 0 aliphatic carbocycles. The Bertz CT molecular complexity index is 657. The SMILES string of the molecule is CCCCCCCCCCCCCCCCC(=O)OC(COCCCCCCCC)COP(=O)([O-])OCC[N+](C)(C)C. The third-order valence-corrected chi connectivity index (χ3v) is 8.37. The molecule has 0 amide bonds. The third-order valence-electron chi connectivity index (χ3n) is 7.41. The first-order chi connectivity index (χ1) is 20.1. The second-order valence-corrected chi connectivity index (χ2v) is 14.3. The van der Waals surface area contributed by atoms with Gasteiger partial charge in [-0.25, -0.2) is 0 Å². The number of likely N-dealkylation sites (N-methyl/N-ethyl adjacent to an activating group) is 1. The Labute approximate surface area is 259 Å². The molecule has 0 rings (SSSR count). The normalized spacial score (nSPS) is 14.1. The molecule has 0 aromatic carbocycles. The van der Waals surface area contributed by atoms with Crippen LogP contribution in [0.4, 0.5) is 0 Å². The van der Waals surface area contributed by atoms with Gasteiger partial charge in [-0.1, -0.05) is 129 Å². The Morgan fingerprint density at radius 2 is 1.10 bits per heavy atom. The van der Waals surface area contributed by atoms with Crippen LogP contribution in [0.3, 0.4) is 0 Å². The Kier molecular flexibility index (Phi) is 27.7. The Morgan fingerprint density at radius 3 is 1.57 bits per heavy atom. The van der Waals surface area contributed by atoms with Crippen molar-refractivity contribution >= 4 is 13.8 Å². The minimum atomic E-state index is -4.50. The van der Waals surface area contributed by atoms with E-state index in [0.29, 0.717) is 24.1 Å². The predicted octanol–water partition coefficient (Wildman–Crippen LogP) is 8.35. The van der Waals surface area contributed by atoms with Gasteiger partial charge in [0.2, 0.25) is 0 Å². The average molecular weight is 622 g/mol. The monoisotopic (exact) mass is 621 g/mol. The third kappa shape index (κ3) is 30.9. The lowest BCUT2D eigenvalue weighted by molar-refractivity contribution is -0.870. The first-order valence-electron chi connectivity index (χ1n) is 17.3. The van der Waals surface area contributed by atoms with Gasteiger partial charge in [-0.3, -0.25) is 9.36 Å². The summed E-state index contributed by atoms with van der Waals surface area (Å²) in [5.41, 5.74) is 0. The average Bonchev–Trinajstić information content (AvgIpc) is 2.92. The van der Waals surface area contributed by atoms with Crippen molar-refractivity contribution < 1.29 is 37.3 Å². The molecule has 0 spiro atoms. The second kappa shape index (κ2) is 28.0. The van der Waals surface area contributed by atoms with E-state index in [9.17, 15) is 14.3 Å². The molecule has 2 atom stereocenters. The zero-order valence-electron chi connectivity index (χ0n) is 28.2. The molecule has 8 nitrogen and oxygen atoms in total. The molecule has 0 saturated heterocycles. The zero-order chi connectivity index (χ0) is 31.4. The van der Waals surface area contributed by atoms with Crippen molar-refractivity contribution in [2.75, 3.05) is 54.1 Å². The smallest absolute Gasteiger partial charge is 0.306 e. The first kappa shape index (κ1) is 41.5. The largest absolute Gasteiger partial charge is 0.756 e. The molecule has 0 aromatic rings. The van der Waals surface area contributed by atoms with E-state index in [1.165, 1.54) is 96.3 Å². The van der Waals surface area contributed by atoms with Crippen LogP contribution in [0, 0.1) is 0 Å². The van der Waals surface area contributed by atoms with Crippen molar-refractivity contribution in [3.05, 3.63) is 0 Å². The van der Waals surface area contributed by atoms with E-state index in [1.54, 1.807) is 0 Å². The lowest BCUT2D eigenvalue weighted by atomic mass is 10.0. The van der Waals surface area contributed by atoms with Gasteiger partial charge in [-0.2, -0.15) is 0 Å². The summed E-state index contributed by atoms with van der Waals surface area (Å²) in [6.07, 6.45) is 24.0. The molecule has 0 heterocycles. The summed E-state index contributed by atoms with van der Waals surface area (Å²) < 4.78 is 34.2. The number of rotatable bonds is 32. The molecule has 2 unspecified atom stereocenters. The molecule has 0 aliphatic heterocycles. The molecule has 0 N–H and O–H groups in total. The number of phosphoric ester groups is 1. The highest BCUT2D eigenvalue weighted by Crippen LogP contribution is 2.38. The van der Waals surface area contributed by atoms with Gasteiger partial charge in [0.05, 0.1) is 34.4 Å². The number of nitrogens with zero attached hydrogens (tertiary/aromatic N) is 1. The van der Waals surface area contributed by atoms with E-state index in [0.717, 1.165) is 32.1 Å². The van der Waals surface area contributed by atoms with Gasteiger partial charge in [0.25, 0.3) is 7.82 Å². The molecule has 0 aromatic heterocycles. The van der Waals surface area contributed by atoms with E-state index in [2.05, 4.69) is 13.8 Å². The van der Waals surface area contributed by atoms with Gasteiger partial charge in [-0.15, -0.1) is 0 Å². The molecular formula is C33H68NO7P. The van der Waals surface area contributed by atoms with Crippen LogP contribution in [-0.4, -0.2) is 70.7 Å². The van der Waals surface area contributed by atoms with Crippen molar-refractivity contribution in [2.45, 2.75) is 155 Å². The molecule has 0 bridgehead atoms. The number of carbonyl (C=O) groups is 1. The van der Waals surface area contributed by atoms with E-state index >= 15 is 0 Å². The minimum absolute atomic E-state index is 0.0301. The summed E-state index contributed by atoms with van der Waals surface area (Å²) in [5.74, 6) is -0.336. The summed E-state index contributed by atoms with van der Waals surface area (Å²) in [4.78, 5) is 24.7. The minimum Gasteiger partial charge on any atom is -0.756 e. The highest BCUT2D eigenvalue weighted by molar-refractivity contribution is 7.45. The van der Waals surface area contributed by atoms with E-state index in [4.69, 9.17) is 18.5 Å². The molecule has 42 heavy (non-hydrogen) atoms. The molecular weight excluding hydrogens is 553 g/mol. The summed E-state index contributed by atoms with van der Waals surface area (Å²) in [7, 11) is 1.36. The maximum absolute atomic E-state index is 12.5. The van der Waals surface area contributed by atoms with Gasteiger partial charge < -0.3 is 27.9 Å². The summed E-state index contributed by atoms with van der Waals surface area (Å²) in [5, 5.41) is 0. The quantitative estimate of drug-likeness (QED) is 0.0322. The second-order valence-electron chi connectivity index (χ2n) is 12.9. The summed E-state index contributed by atoms with van der Waals surface area (Å²) >= 11 is 0. The van der Waals surface area contributed by atoms with Gasteiger partial charge >= 0.3 is 5.97 Å². The van der Waals surface area contributed by atoms with Crippen LogP contribution in [0.25, 0.3) is 0 Å². The van der Waals surface area contributed by atoms with Crippen molar-refractivity contribution in [1.29, 1.82) is 0 Å². The van der Waals surface area contributed by atoms with Crippen LogP contribution >= 0.6 is 7.82 Å². The van der Waals surface area contributed by atoms with Gasteiger partial charge in [0.1, 0.15) is 19.3 Å². The number of phosphoric acid groups is 1. The molecule has 252 valence electrons. The Morgan fingerprint density at radius 1 is 0.643 bits per heavy atom. The predicted molar refractivity (Wildman–Crippen MR) is 171 cm³/mol. The summed E-state index contributed by atoms with van der Waals surface area (Å²) in [6.45, 7) is 5.37. The fourth-order valence-corrected chi connectivity index (χ4v) is 5.39. The number of carbonyl (C=O) groups excluding carboxylic acids is 1. The van der Waals surface area contributed by atoms with Crippen LogP contribution in [0.2, 0.25) is 0 Å². The van der Waals surface area contributed by atoms with Crippen molar-refractivity contribution in [3.8, 4) is 0 Å². The van der Waals surface area contributed by atoms with Crippen molar-refractivity contribution in [1.82, 2.24) is 0 Å². The van der Waals surface area contributed by atoms with Crippen molar-refractivity contribution in [2.24, 2.45) is 0 Å². The fraction of sp³-hybridized carbons (Fsp3) is 0.970. The van der Waals surface area contributed by atoms with Gasteiger partial charge in [0, 0.05) is 13.0 Å². The number of hydrogen-bond acceptors (Lipinski definition) is 7. The van der Waals surface area contributed by atoms with Crippen LogP contribution in [0.1, 0.15) is 149 Å². The highest BCUT2D eigenvalue weighted by atomic mass is 31.2. The number of unbranched alkanes of at least 4 members (excludes halogenated alkanes) is 18. The highest BCUT2D eigenvalue weighted by Gasteiger charge is 2.20. The molecule has 0 fully saturated rings. The van der Waals surface area contributed by atoms with Crippen LogP contribution < -0.4 is 4.89 Å². The standard InChI is InChI=1S/C33H68NO7P/c1-6-8-10-12-14-15-16-17-18-19-20-21-22-24-26-33(35)41-32(30-38-28-25-23-13-11-9-7-2)31-40-42(36,37)39-29-27-34(3,4)5/h32H,6-31H2,1-5H3. The number of esters is 1. The first-order valence-corrected chi connectivity index (χ1v) is 18.7. The van der Waals surface area contributed by atoms with Crippen molar-refractivity contribution in [3.63, 3.8) is 0 Å². The maximum atomic E-state index is 12.5. The van der Waals surface area contributed by atoms with Gasteiger partial charge in [-0.05, 0) is 12.8 Å². The zero-order valence-corrected chi connectivity index (χ0v) is 29.1. The molecule has 0 saturated carbocycles. The van der Waals surface area contributed by atoms with Gasteiger partial charge in [0.15, 0.2) is 0 Å². The molecule has 0 radical (unpaired) electrons. The Hall–Kier alpha value is -0.500. The van der Waals surface area contributed by atoms with E-state index < -0.39 is 13.9 Å². The molecule has 9 heteroatoms. The maximum Gasteiger partial charge on any atom is 0.306 e. The number of ether oxygens (including phenoxy) is 2. The summed E-state index contributed by atoms with van der Waals surface area (Å²) in [6, 6.07) is 0. The molecule has 0 aliphatic rings. The van der Waals surface area contributed by atoms with Crippen LogP contribution in [0.15, 0.2) is 0 Å². The van der Waals surface area contributed by atoms with Crippen LogP contribution in [-0.2, 0) is 27.9 Å². The number of hydrogen-bond donors (Lipinski definition) is 0. The van der Waals surface area contributed by atoms with E-state index in [-0.39, 0.29) is 25.8 Å². The lowest BCUT2D eigenvalue weighted by Crippen LogP contribution is -2.37. The van der Waals surface area contributed by atoms with E-state index in [1.807, 2.05) is 21.1 Å². The fourth-order valence-electron chi connectivity index (χ4n) is 4.66. The Balaban J connectivity index is 4.23. The number of quaternary nitrogens is 1. The topological polar surface area (TPSA) is 94.1 Å².